The van der Waals surface area contributed by atoms with Gasteiger partial charge >= 0.3 is 0 Å². The summed E-state index contributed by atoms with van der Waals surface area (Å²) in [6, 6.07) is 10.6. The number of aromatic nitrogens is 2. The summed E-state index contributed by atoms with van der Waals surface area (Å²) in [5, 5.41) is 3.21. The van der Waals surface area contributed by atoms with Crippen molar-refractivity contribution in [3.8, 4) is 0 Å². The highest BCUT2D eigenvalue weighted by Gasteiger charge is 2.19. The molecule has 1 N–H and O–H groups in total. The van der Waals surface area contributed by atoms with Crippen LogP contribution in [-0.4, -0.2) is 47.6 Å². The van der Waals surface area contributed by atoms with Crippen molar-refractivity contribution >= 4 is 11.6 Å². The van der Waals surface area contributed by atoms with Gasteiger partial charge in [-0.1, -0.05) is 68.7 Å². The lowest BCUT2D eigenvalue weighted by atomic mass is 10.0. The van der Waals surface area contributed by atoms with Crippen molar-refractivity contribution < 1.29 is 4.39 Å². The summed E-state index contributed by atoms with van der Waals surface area (Å²) in [4.78, 5) is 12.9. The highest BCUT2D eigenvalue weighted by molar-refractivity contribution is 5.51. The molecule has 2 heterocycles. The summed E-state index contributed by atoms with van der Waals surface area (Å²) in [6.45, 7) is 11.5. The van der Waals surface area contributed by atoms with Crippen molar-refractivity contribution in [2.24, 2.45) is 5.92 Å². The molecule has 5 nitrogen and oxygen atoms in total. The highest BCUT2D eigenvalue weighted by atomic mass is 19.1. The summed E-state index contributed by atoms with van der Waals surface area (Å²) in [6.07, 6.45) is 8.25. The largest absolute Gasteiger partial charge is 0.364 e. The molecule has 1 aromatic heterocycles. The van der Waals surface area contributed by atoms with Crippen LogP contribution < -0.4 is 10.2 Å². The van der Waals surface area contributed by atoms with E-state index < -0.39 is 0 Å². The molecule has 0 radical (unpaired) electrons. The highest BCUT2D eigenvalue weighted by Crippen LogP contribution is 2.24. The zero-order valence-electron chi connectivity index (χ0n) is 19.9. The number of anilines is 2. The van der Waals surface area contributed by atoms with Crippen molar-refractivity contribution in [2.45, 2.75) is 53.0 Å². The second-order valence-electron chi connectivity index (χ2n) is 8.83. The molecule has 1 atom stereocenters. The Morgan fingerprint density at radius 3 is 2.69 bits per heavy atom. The smallest absolute Gasteiger partial charge is 0.207 e. The van der Waals surface area contributed by atoms with Crippen LogP contribution in [0, 0.1) is 11.7 Å². The molecule has 0 aliphatic carbocycles. The molecule has 1 unspecified atom stereocenters. The number of unbranched alkanes of at least 4 members (excludes halogenated alkanes) is 1. The van der Waals surface area contributed by atoms with Crippen molar-refractivity contribution in [1.82, 2.24) is 14.9 Å². The predicted molar refractivity (Wildman–Crippen MR) is 131 cm³/mol. The van der Waals surface area contributed by atoms with E-state index in [0.717, 1.165) is 45.6 Å². The van der Waals surface area contributed by atoms with Gasteiger partial charge in [0.25, 0.3) is 0 Å². The van der Waals surface area contributed by atoms with Gasteiger partial charge in [-0.05, 0) is 31.2 Å². The van der Waals surface area contributed by atoms with E-state index in [-0.39, 0.29) is 5.82 Å². The molecule has 0 amide bonds. The summed E-state index contributed by atoms with van der Waals surface area (Å²) in [5.74, 6) is 0.855. The van der Waals surface area contributed by atoms with E-state index in [1.165, 1.54) is 30.3 Å². The number of benzene rings is 1. The normalized spacial score (nSPS) is 15.3. The van der Waals surface area contributed by atoms with Crippen molar-refractivity contribution in [3.63, 3.8) is 0 Å². The Morgan fingerprint density at radius 1 is 1.19 bits per heavy atom. The SMILES string of the molecule is CCCCC(C)CN(CC)c1ncnc(NCC2=CCN(Cc3ccccc3)CC2)c1F. The minimum Gasteiger partial charge on any atom is -0.364 e. The van der Waals surface area contributed by atoms with E-state index in [1.54, 1.807) is 0 Å². The first-order valence-corrected chi connectivity index (χ1v) is 12.0. The molecular formula is C26H38FN5. The minimum atomic E-state index is -0.348. The molecule has 0 saturated heterocycles. The van der Waals surface area contributed by atoms with Crippen LogP contribution in [0.15, 0.2) is 48.3 Å². The monoisotopic (exact) mass is 439 g/mol. The lowest BCUT2D eigenvalue weighted by molar-refractivity contribution is 0.285. The topological polar surface area (TPSA) is 44.3 Å². The third kappa shape index (κ3) is 7.02. The van der Waals surface area contributed by atoms with Gasteiger partial charge in [0.1, 0.15) is 6.33 Å². The first kappa shape index (κ1) is 24.2. The quantitative estimate of drug-likeness (QED) is 0.442. The van der Waals surface area contributed by atoms with Gasteiger partial charge in [0, 0.05) is 39.3 Å². The molecule has 0 fully saturated rings. The third-order valence-electron chi connectivity index (χ3n) is 6.15. The van der Waals surface area contributed by atoms with Crippen molar-refractivity contribution in [1.29, 1.82) is 0 Å². The van der Waals surface area contributed by atoms with Crippen LogP contribution in [0.2, 0.25) is 0 Å². The molecule has 0 bridgehead atoms. The summed E-state index contributed by atoms with van der Waals surface area (Å²) >= 11 is 0. The van der Waals surface area contributed by atoms with Gasteiger partial charge in [0.2, 0.25) is 5.82 Å². The maximum atomic E-state index is 15.2. The molecule has 32 heavy (non-hydrogen) atoms. The molecule has 1 aromatic carbocycles. The van der Waals surface area contributed by atoms with E-state index in [0.29, 0.717) is 24.1 Å². The summed E-state index contributed by atoms with van der Waals surface area (Å²) in [5.41, 5.74) is 2.64. The van der Waals surface area contributed by atoms with Crippen LogP contribution in [0.1, 0.15) is 52.0 Å². The van der Waals surface area contributed by atoms with Gasteiger partial charge in [0.15, 0.2) is 11.6 Å². The Balaban J connectivity index is 1.55. The van der Waals surface area contributed by atoms with Gasteiger partial charge in [-0.25, -0.2) is 9.97 Å². The van der Waals surface area contributed by atoms with E-state index in [2.05, 4.69) is 71.3 Å². The van der Waals surface area contributed by atoms with Crippen LogP contribution in [0.4, 0.5) is 16.0 Å². The number of rotatable bonds is 12. The zero-order chi connectivity index (χ0) is 22.8. The number of halogens is 1. The zero-order valence-corrected chi connectivity index (χ0v) is 19.9. The van der Waals surface area contributed by atoms with Crippen LogP contribution >= 0.6 is 0 Å². The molecule has 3 rings (SSSR count). The molecule has 6 heteroatoms. The molecule has 1 aliphatic rings. The molecule has 0 saturated carbocycles. The van der Waals surface area contributed by atoms with Gasteiger partial charge in [-0.3, -0.25) is 4.90 Å². The van der Waals surface area contributed by atoms with Crippen LogP contribution in [0.3, 0.4) is 0 Å². The first-order chi connectivity index (χ1) is 15.6. The number of hydrogen-bond donors (Lipinski definition) is 1. The Hall–Kier alpha value is -2.47. The Morgan fingerprint density at radius 2 is 2.00 bits per heavy atom. The van der Waals surface area contributed by atoms with E-state index >= 15 is 4.39 Å². The predicted octanol–water partition coefficient (Wildman–Crippen LogP) is 5.51. The van der Waals surface area contributed by atoms with E-state index in [4.69, 9.17) is 0 Å². The molecule has 0 spiro atoms. The average molecular weight is 440 g/mol. The fourth-order valence-corrected chi connectivity index (χ4v) is 4.19. The van der Waals surface area contributed by atoms with Crippen LogP contribution in [-0.2, 0) is 6.54 Å². The van der Waals surface area contributed by atoms with Crippen LogP contribution in [0.5, 0.6) is 0 Å². The first-order valence-electron chi connectivity index (χ1n) is 12.0. The molecular weight excluding hydrogens is 401 g/mol. The second-order valence-corrected chi connectivity index (χ2v) is 8.83. The van der Waals surface area contributed by atoms with Crippen LogP contribution in [0.25, 0.3) is 0 Å². The molecule has 174 valence electrons. The number of nitrogens with zero attached hydrogens (tertiary/aromatic N) is 4. The summed E-state index contributed by atoms with van der Waals surface area (Å²) in [7, 11) is 0. The lowest BCUT2D eigenvalue weighted by Gasteiger charge is -2.27. The average Bonchev–Trinajstić information content (AvgIpc) is 2.82. The fraction of sp³-hybridized carbons (Fsp3) is 0.538. The lowest BCUT2D eigenvalue weighted by Crippen LogP contribution is -2.31. The van der Waals surface area contributed by atoms with E-state index in [1.807, 2.05) is 11.0 Å². The third-order valence-corrected chi connectivity index (χ3v) is 6.15. The fourth-order valence-electron chi connectivity index (χ4n) is 4.19. The molecule has 2 aromatic rings. The number of hydrogen-bond acceptors (Lipinski definition) is 5. The molecule has 1 aliphatic heterocycles. The summed E-state index contributed by atoms with van der Waals surface area (Å²) < 4.78 is 15.2. The van der Waals surface area contributed by atoms with Gasteiger partial charge in [-0.15, -0.1) is 0 Å². The maximum absolute atomic E-state index is 15.2. The standard InChI is InChI=1S/C26H38FN5/c1-4-6-10-21(3)18-32(5-2)26-24(27)25(29-20-30-26)28-17-22-13-15-31(16-14-22)19-23-11-8-7-9-12-23/h7-9,11-13,20-21H,4-6,10,14-19H2,1-3H3,(H,28,29,30). The number of nitrogens with one attached hydrogen (secondary N) is 1. The van der Waals surface area contributed by atoms with E-state index in [9.17, 15) is 0 Å². The Bertz CT molecular complexity index is 855. The van der Waals surface area contributed by atoms with Gasteiger partial charge < -0.3 is 10.2 Å². The van der Waals surface area contributed by atoms with Crippen molar-refractivity contribution in [2.75, 3.05) is 42.9 Å². The van der Waals surface area contributed by atoms with Crippen molar-refractivity contribution in [3.05, 3.63) is 59.7 Å². The Kier molecular flexibility index (Phi) is 9.47. The van der Waals surface area contributed by atoms with Gasteiger partial charge in [0.05, 0.1) is 0 Å². The maximum Gasteiger partial charge on any atom is 0.207 e. The second kappa shape index (κ2) is 12.5. The minimum absolute atomic E-state index is 0.294. The Labute approximate surface area is 192 Å². The van der Waals surface area contributed by atoms with Gasteiger partial charge in [-0.2, -0.15) is 4.39 Å².